The van der Waals surface area contributed by atoms with E-state index in [1.165, 1.54) is 10.5 Å². The smallest absolute Gasteiger partial charge is 0.261 e. The Bertz CT molecular complexity index is 909. The van der Waals surface area contributed by atoms with Crippen LogP contribution in [0, 0.1) is 0 Å². The van der Waals surface area contributed by atoms with Crippen LogP contribution in [0.25, 0.3) is 10.8 Å². The van der Waals surface area contributed by atoms with Gasteiger partial charge in [-0.15, -0.1) is 0 Å². The number of benzene rings is 2. The molecule has 3 aromatic rings. The predicted octanol–water partition coefficient (Wildman–Crippen LogP) is 3.46. The van der Waals surface area contributed by atoms with Gasteiger partial charge in [0.25, 0.3) is 11.8 Å². The van der Waals surface area contributed by atoms with Crippen molar-refractivity contribution in [1.29, 1.82) is 0 Å². The molecule has 2 heterocycles. The Labute approximate surface area is 139 Å². The van der Waals surface area contributed by atoms with Crippen LogP contribution in [0.5, 0.6) is 0 Å². The number of imide groups is 1. The quantitative estimate of drug-likeness (QED) is 0.693. The molecule has 0 spiro atoms. The Hall–Kier alpha value is -3.01. The molecule has 1 aromatic heterocycles. The fourth-order valence-corrected chi connectivity index (χ4v) is 3.26. The van der Waals surface area contributed by atoms with Crippen molar-refractivity contribution < 1.29 is 9.59 Å². The van der Waals surface area contributed by atoms with Crippen LogP contribution in [0.1, 0.15) is 32.7 Å². The SMILES string of the molecule is O=C1c2ccccc2C(=O)N1CCCc1cccc2ccncc12. The zero-order chi connectivity index (χ0) is 16.5. The molecule has 118 valence electrons. The van der Waals surface area contributed by atoms with Crippen molar-refractivity contribution in [3.8, 4) is 0 Å². The Kier molecular flexibility index (Phi) is 3.58. The third-order valence-electron chi connectivity index (χ3n) is 4.48. The van der Waals surface area contributed by atoms with Crippen LogP contribution in [-0.4, -0.2) is 28.2 Å². The number of fused-ring (bicyclic) bond motifs is 2. The minimum atomic E-state index is -0.185. The number of hydrogen-bond donors (Lipinski definition) is 0. The van der Waals surface area contributed by atoms with Crippen LogP contribution < -0.4 is 0 Å². The summed E-state index contributed by atoms with van der Waals surface area (Å²) in [5.41, 5.74) is 2.21. The second kappa shape index (κ2) is 5.89. The molecule has 0 bridgehead atoms. The van der Waals surface area contributed by atoms with E-state index in [0.29, 0.717) is 17.7 Å². The number of aromatic nitrogens is 1. The molecule has 1 aliphatic rings. The molecule has 1 aliphatic heterocycles. The first kappa shape index (κ1) is 14.6. The second-order valence-electron chi connectivity index (χ2n) is 5.93. The number of carbonyl (C=O) groups is 2. The molecular weight excluding hydrogens is 300 g/mol. The van der Waals surface area contributed by atoms with Crippen molar-refractivity contribution in [2.45, 2.75) is 12.8 Å². The van der Waals surface area contributed by atoms with Crippen LogP contribution in [-0.2, 0) is 6.42 Å². The molecule has 2 aromatic carbocycles. The Morgan fingerprint density at radius 1 is 0.875 bits per heavy atom. The highest BCUT2D eigenvalue weighted by Crippen LogP contribution is 2.23. The fraction of sp³-hybridized carbons (Fsp3) is 0.150. The molecule has 0 N–H and O–H groups in total. The van der Waals surface area contributed by atoms with E-state index in [1.807, 2.05) is 18.3 Å². The molecule has 4 rings (SSSR count). The molecular formula is C20H16N2O2. The molecule has 4 heteroatoms. The summed E-state index contributed by atoms with van der Waals surface area (Å²) in [6.45, 7) is 0.434. The van der Waals surface area contributed by atoms with Gasteiger partial charge in [-0.3, -0.25) is 19.5 Å². The van der Waals surface area contributed by atoms with E-state index in [-0.39, 0.29) is 11.8 Å². The summed E-state index contributed by atoms with van der Waals surface area (Å²) in [5.74, 6) is -0.370. The van der Waals surface area contributed by atoms with Gasteiger partial charge >= 0.3 is 0 Å². The number of aryl methyl sites for hydroxylation is 1. The van der Waals surface area contributed by atoms with E-state index in [1.54, 1.807) is 30.5 Å². The van der Waals surface area contributed by atoms with Gasteiger partial charge in [0.15, 0.2) is 0 Å². The van der Waals surface area contributed by atoms with E-state index < -0.39 is 0 Å². The Morgan fingerprint density at radius 3 is 2.38 bits per heavy atom. The number of rotatable bonds is 4. The third kappa shape index (κ3) is 2.36. The largest absolute Gasteiger partial charge is 0.274 e. The maximum Gasteiger partial charge on any atom is 0.261 e. The van der Waals surface area contributed by atoms with E-state index in [9.17, 15) is 9.59 Å². The number of nitrogens with zero attached hydrogens (tertiary/aromatic N) is 2. The zero-order valence-electron chi connectivity index (χ0n) is 13.1. The van der Waals surface area contributed by atoms with Crippen LogP contribution in [0.15, 0.2) is 60.9 Å². The standard InChI is InChI=1S/C20H16N2O2/c23-19-16-8-1-2-9-17(16)20(24)22(19)12-4-7-14-5-3-6-15-10-11-21-13-18(14)15/h1-3,5-6,8-11,13H,4,7,12H2. The summed E-state index contributed by atoms with van der Waals surface area (Å²) >= 11 is 0. The van der Waals surface area contributed by atoms with Crippen LogP contribution >= 0.6 is 0 Å². The maximum absolute atomic E-state index is 12.4. The first-order chi connectivity index (χ1) is 11.8. The van der Waals surface area contributed by atoms with Gasteiger partial charge in [0, 0.05) is 24.3 Å². The summed E-state index contributed by atoms with van der Waals surface area (Å²) in [5, 5.41) is 2.28. The minimum Gasteiger partial charge on any atom is -0.274 e. The highest BCUT2D eigenvalue weighted by molar-refractivity contribution is 6.21. The first-order valence-electron chi connectivity index (χ1n) is 8.02. The molecule has 2 amide bonds. The summed E-state index contributed by atoms with van der Waals surface area (Å²) in [7, 11) is 0. The number of carbonyl (C=O) groups excluding carboxylic acids is 2. The normalized spacial score (nSPS) is 13.6. The fourth-order valence-electron chi connectivity index (χ4n) is 3.26. The van der Waals surface area contributed by atoms with Gasteiger partial charge in [0.05, 0.1) is 11.1 Å². The Morgan fingerprint density at radius 2 is 1.62 bits per heavy atom. The van der Waals surface area contributed by atoms with E-state index in [4.69, 9.17) is 0 Å². The number of amides is 2. The summed E-state index contributed by atoms with van der Waals surface area (Å²) in [4.78, 5) is 30.3. The lowest BCUT2D eigenvalue weighted by Crippen LogP contribution is -2.30. The number of hydrogen-bond acceptors (Lipinski definition) is 3. The van der Waals surface area contributed by atoms with Crippen molar-refractivity contribution in [3.63, 3.8) is 0 Å². The lowest BCUT2D eigenvalue weighted by molar-refractivity contribution is 0.0652. The summed E-state index contributed by atoms with van der Waals surface area (Å²) in [6.07, 6.45) is 5.19. The van der Waals surface area contributed by atoms with E-state index >= 15 is 0 Å². The van der Waals surface area contributed by atoms with Gasteiger partial charge in [0.2, 0.25) is 0 Å². The van der Waals surface area contributed by atoms with Crippen LogP contribution in [0.3, 0.4) is 0 Å². The molecule has 0 atom stereocenters. The predicted molar refractivity (Wildman–Crippen MR) is 91.9 cm³/mol. The molecule has 0 aliphatic carbocycles. The van der Waals surface area contributed by atoms with Crippen molar-refractivity contribution >= 4 is 22.6 Å². The second-order valence-corrected chi connectivity index (χ2v) is 5.93. The third-order valence-corrected chi connectivity index (χ3v) is 4.48. The molecule has 24 heavy (non-hydrogen) atoms. The average Bonchev–Trinajstić information content (AvgIpc) is 2.87. The van der Waals surface area contributed by atoms with Gasteiger partial charge in [-0.25, -0.2) is 0 Å². The van der Waals surface area contributed by atoms with E-state index in [2.05, 4.69) is 17.1 Å². The van der Waals surface area contributed by atoms with E-state index in [0.717, 1.165) is 23.6 Å². The molecule has 0 fully saturated rings. The van der Waals surface area contributed by atoms with Crippen LogP contribution in [0.2, 0.25) is 0 Å². The summed E-state index contributed by atoms with van der Waals surface area (Å²) in [6, 6.07) is 15.2. The highest BCUT2D eigenvalue weighted by atomic mass is 16.2. The molecule has 4 nitrogen and oxygen atoms in total. The molecule has 0 unspecified atom stereocenters. The highest BCUT2D eigenvalue weighted by Gasteiger charge is 2.34. The topological polar surface area (TPSA) is 50.3 Å². The van der Waals surface area contributed by atoms with Crippen molar-refractivity contribution in [2.24, 2.45) is 0 Å². The first-order valence-corrected chi connectivity index (χ1v) is 8.02. The lowest BCUT2D eigenvalue weighted by Gasteiger charge is -2.14. The van der Waals surface area contributed by atoms with Crippen molar-refractivity contribution in [1.82, 2.24) is 9.88 Å². The molecule has 0 saturated heterocycles. The maximum atomic E-state index is 12.4. The van der Waals surface area contributed by atoms with Crippen LogP contribution in [0.4, 0.5) is 0 Å². The van der Waals surface area contributed by atoms with Gasteiger partial charge in [-0.1, -0.05) is 30.3 Å². The van der Waals surface area contributed by atoms with Gasteiger partial charge in [-0.05, 0) is 42.0 Å². The summed E-state index contributed by atoms with van der Waals surface area (Å²) < 4.78 is 0. The Balaban J connectivity index is 1.49. The average molecular weight is 316 g/mol. The van der Waals surface area contributed by atoms with Gasteiger partial charge in [-0.2, -0.15) is 0 Å². The van der Waals surface area contributed by atoms with Gasteiger partial charge < -0.3 is 0 Å². The van der Waals surface area contributed by atoms with Gasteiger partial charge in [0.1, 0.15) is 0 Å². The zero-order valence-corrected chi connectivity index (χ0v) is 13.1. The minimum absolute atomic E-state index is 0.185. The molecule has 0 radical (unpaired) electrons. The molecule has 0 saturated carbocycles. The van der Waals surface area contributed by atoms with Crippen molar-refractivity contribution in [3.05, 3.63) is 77.6 Å². The lowest BCUT2D eigenvalue weighted by atomic mass is 10.0. The monoisotopic (exact) mass is 316 g/mol. The van der Waals surface area contributed by atoms with Crippen molar-refractivity contribution in [2.75, 3.05) is 6.54 Å². The number of pyridine rings is 1.